The Morgan fingerprint density at radius 3 is 2.74 bits per heavy atom. The van der Waals surface area contributed by atoms with Gasteiger partial charge >= 0.3 is 0 Å². The van der Waals surface area contributed by atoms with E-state index in [0.717, 1.165) is 23.7 Å². The van der Waals surface area contributed by atoms with Crippen LogP contribution in [-0.4, -0.2) is 55.2 Å². The lowest BCUT2D eigenvalue weighted by atomic mass is 10.3. The Morgan fingerprint density at radius 1 is 1.22 bits per heavy atom. The highest BCUT2D eigenvalue weighted by Crippen LogP contribution is 2.17. The summed E-state index contributed by atoms with van der Waals surface area (Å²) in [6.45, 7) is 3.16. The van der Waals surface area contributed by atoms with Gasteiger partial charge in [0.1, 0.15) is 5.82 Å². The van der Waals surface area contributed by atoms with E-state index in [-0.39, 0.29) is 17.6 Å². The van der Waals surface area contributed by atoms with Crippen LogP contribution in [-0.2, 0) is 15.3 Å². The first kappa shape index (κ1) is 19.9. The standard InChI is InChI=1S/C19H22FN3O2S2/c20-15-3-1-4-16(11-15)21-18(24)12-22-6-8-23(9-7-22)19(25)14-26-13-17-5-2-10-27-17/h1-5,10-11H,6-9,12-14H2,(H,21,24)/p+1. The van der Waals surface area contributed by atoms with Crippen LogP contribution in [0.2, 0.25) is 0 Å². The van der Waals surface area contributed by atoms with Crippen LogP contribution in [0, 0.1) is 5.82 Å². The van der Waals surface area contributed by atoms with Crippen LogP contribution in [0.4, 0.5) is 10.1 Å². The van der Waals surface area contributed by atoms with Crippen molar-refractivity contribution in [2.45, 2.75) is 5.75 Å². The smallest absolute Gasteiger partial charge is 0.279 e. The average molecular weight is 409 g/mol. The summed E-state index contributed by atoms with van der Waals surface area (Å²) < 4.78 is 13.2. The van der Waals surface area contributed by atoms with Gasteiger partial charge in [0.25, 0.3) is 5.91 Å². The van der Waals surface area contributed by atoms with Crippen LogP contribution < -0.4 is 10.2 Å². The number of amides is 2. The number of nitrogens with one attached hydrogen (secondary N) is 2. The number of benzene rings is 1. The summed E-state index contributed by atoms with van der Waals surface area (Å²) in [4.78, 5) is 28.7. The molecule has 2 heterocycles. The minimum absolute atomic E-state index is 0.137. The van der Waals surface area contributed by atoms with E-state index >= 15 is 0 Å². The molecule has 1 aliphatic rings. The van der Waals surface area contributed by atoms with E-state index in [1.807, 2.05) is 16.3 Å². The highest BCUT2D eigenvalue weighted by Gasteiger charge is 2.25. The topological polar surface area (TPSA) is 53.9 Å². The number of hydrogen-bond donors (Lipinski definition) is 2. The van der Waals surface area contributed by atoms with Crippen LogP contribution in [0.25, 0.3) is 0 Å². The van der Waals surface area contributed by atoms with Gasteiger partial charge in [-0.2, -0.15) is 0 Å². The predicted molar refractivity (Wildman–Crippen MR) is 108 cm³/mol. The van der Waals surface area contributed by atoms with Gasteiger partial charge in [-0.1, -0.05) is 12.1 Å². The van der Waals surface area contributed by atoms with Crippen LogP contribution >= 0.6 is 23.1 Å². The first-order valence-corrected chi connectivity index (χ1v) is 10.9. The number of piperazine rings is 1. The number of hydrogen-bond acceptors (Lipinski definition) is 4. The fraction of sp³-hybridized carbons (Fsp3) is 0.368. The largest absolute Gasteiger partial charge is 0.331 e. The fourth-order valence-electron chi connectivity index (χ4n) is 2.97. The van der Waals surface area contributed by atoms with Gasteiger partial charge in [0.05, 0.1) is 31.9 Å². The van der Waals surface area contributed by atoms with Gasteiger partial charge in [0.2, 0.25) is 5.91 Å². The Balaban J connectivity index is 1.35. The average Bonchev–Trinajstić information content (AvgIpc) is 3.15. The molecule has 0 radical (unpaired) electrons. The predicted octanol–water partition coefficient (Wildman–Crippen LogP) is 1.49. The van der Waals surface area contributed by atoms with Gasteiger partial charge in [-0.15, -0.1) is 23.1 Å². The molecule has 5 nitrogen and oxygen atoms in total. The molecule has 0 saturated carbocycles. The van der Waals surface area contributed by atoms with Gasteiger partial charge in [0, 0.05) is 16.3 Å². The number of rotatable bonds is 7. The molecular weight excluding hydrogens is 385 g/mol. The van der Waals surface area contributed by atoms with Gasteiger partial charge in [-0.05, 0) is 29.6 Å². The maximum atomic E-state index is 13.2. The summed E-state index contributed by atoms with van der Waals surface area (Å²) in [6.07, 6.45) is 0. The zero-order chi connectivity index (χ0) is 19.1. The molecule has 8 heteroatoms. The fourth-order valence-corrected chi connectivity index (χ4v) is 4.74. The van der Waals surface area contributed by atoms with Crippen LogP contribution in [0.3, 0.4) is 0 Å². The second kappa shape index (κ2) is 9.87. The Labute approximate surface area is 166 Å². The van der Waals surface area contributed by atoms with Crippen molar-refractivity contribution in [3.05, 3.63) is 52.5 Å². The Hall–Kier alpha value is -1.90. The number of carbonyl (C=O) groups excluding carboxylic acids is 2. The van der Waals surface area contributed by atoms with Crippen molar-refractivity contribution in [3.8, 4) is 0 Å². The van der Waals surface area contributed by atoms with Crippen molar-refractivity contribution in [3.63, 3.8) is 0 Å². The molecule has 1 saturated heterocycles. The van der Waals surface area contributed by atoms with Gasteiger partial charge in [-0.25, -0.2) is 4.39 Å². The molecule has 0 unspecified atom stereocenters. The molecule has 1 aromatic carbocycles. The summed E-state index contributed by atoms with van der Waals surface area (Å²) >= 11 is 3.35. The van der Waals surface area contributed by atoms with E-state index in [1.165, 1.54) is 17.0 Å². The number of quaternary nitrogens is 1. The Bertz CT molecular complexity index is 762. The maximum absolute atomic E-state index is 13.2. The maximum Gasteiger partial charge on any atom is 0.279 e. The van der Waals surface area contributed by atoms with Gasteiger partial charge in [0.15, 0.2) is 6.54 Å². The van der Waals surface area contributed by atoms with Crippen molar-refractivity contribution in [1.29, 1.82) is 0 Å². The Kier molecular flexibility index (Phi) is 7.25. The number of anilines is 1. The third kappa shape index (κ3) is 6.34. The van der Waals surface area contributed by atoms with E-state index in [9.17, 15) is 14.0 Å². The van der Waals surface area contributed by atoms with E-state index in [1.54, 1.807) is 35.2 Å². The van der Waals surface area contributed by atoms with Crippen LogP contribution in [0.1, 0.15) is 4.88 Å². The van der Waals surface area contributed by atoms with Crippen molar-refractivity contribution in [2.75, 3.05) is 43.8 Å². The van der Waals surface area contributed by atoms with Crippen molar-refractivity contribution in [1.82, 2.24) is 4.90 Å². The number of thioether (sulfide) groups is 1. The summed E-state index contributed by atoms with van der Waals surface area (Å²) in [5.74, 6) is 1.02. The summed E-state index contributed by atoms with van der Waals surface area (Å²) in [6, 6.07) is 9.99. The van der Waals surface area contributed by atoms with Crippen LogP contribution in [0.15, 0.2) is 41.8 Å². The van der Waals surface area contributed by atoms with Gasteiger partial charge < -0.3 is 15.1 Å². The molecule has 144 valence electrons. The molecule has 1 aromatic heterocycles. The first-order valence-electron chi connectivity index (χ1n) is 8.87. The van der Waals surface area contributed by atoms with Crippen LogP contribution in [0.5, 0.6) is 0 Å². The zero-order valence-corrected chi connectivity index (χ0v) is 16.6. The first-order chi connectivity index (χ1) is 13.1. The lowest BCUT2D eigenvalue weighted by Crippen LogP contribution is -3.15. The van der Waals surface area contributed by atoms with E-state index in [2.05, 4.69) is 11.4 Å². The van der Waals surface area contributed by atoms with Crippen molar-refractivity contribution < 1.29 is 18.9 Å². The molecule has 3 rings (SSSR count). The second-order valence-electron chi connectivity index (χ2n) is 6.44. The number of nitrogens with zero attached hydrogens (tertiary/aromatic N) is 1. The van der Waals surface area contributed by atoms with E-state index < -0.39 is 0 Å². The molecular formula is C19H23FN3O2S2+. The summed E-state index contributed by atoms with van der Waals surface area (Å²) in [7, 11) is 0. The van der Waals surface area contributed by atoms with Crippen molar-refractivity contribution >= 4 is 40.6 Å². The zero-order valence-electron chi connectivity index (χ0n) is 14.9. The summed E-state index contributed by atoms with van der Waals surface area (Å²) in [5.41, 5.74) is 0.468. The minimum atomic E-state index is -0.371. The quantitative estimate of drug-likeness (QED) is 0.730. The third-order valence-corrected chi connectivity index (χ3v) is 6.42. The third-order valence-electron chi connectivity index (χ3n) is 4.39. The highest BCUT2D eigenvalue weighted by molar-refractivity contribution is 7.99. The molecule has 2 amide bonds. The lowest BCUT2D eigenvalue weighted by Gasteiger charge is -2.31. The number of halogens is 1. The SMILES string of the molecule is O=C(C[NH+]1CCN(C(=O)CSCc2cccs2)CC1)Nc1cccc(F)c1. The normalized spacial score (nSPS) is 14.9. The molecule has 1 fully saturated rings. The summed E-state index contributed by atoms with van der Waals surface area (Å²) in [5, 5.41) is 4.77. The molecule has 2 N–H and O–H groups in total. The molecule has 0 bridgehead atoms. The second-order valence-corrected chi connectivity index (χ2v) is 8.46. The molecule has 0 aliphatic carbocycles. The molecule has 0 atom stereocenters. The van der Waals surface area contributed by atoms with E-state index in [0.29, 0.717) is 31.1 Å². The lowest BCUT2D eigenvalue weighted by molar-refractivity contribution is -0.895. The monoisotopic (exact) mass is 408 g/mol. The number of carbonyl (C=O) groups is 2. The molecule has 2 aromatic rings. The molecule has 27 heavy (non-hydrogen) atoms. The molecule has 0 spiro atoms. The van der Waals surface area contributed by atoms with E-state index in [4.69, 9.17) is 0 Å². The highest BCUT2D eigenvalue weighted by atomic mass is 32.2. The number of thiophene rings is 1. The molecule has 1 aliphatic heterocycles. The minimum Gasteiger partial charge on any atom is -0.331 e. The van der Waals surface area contributed by atoms with Crippen molar-refractivity contribution in [2.24, 2.45) is 0 Å². The van der Waals surface area contributed by atoms with Gasteiger partial charge in [-0.3, -0.25) is 9.59 Å². The Morgan fingerprint density at radius 2 is 2.04 bits per heavy atom.